The normalized spacial score (nSPS) is 15.7. The number of nitrogens with zero attached hydrogens (tertiary/aromatic N) is 1. The maximum atomic E-state index is 13.2. The van der Waals surface area contributed by atoms with Gasteiger partial charge in [-0.05, 0) is 49.7 Å². The number of carbonyl (C=O) groups is 2. The summed E-state index contributed by atoms with van der Waals surface area (Å²) in [7, 11) is 3.53. The SMILES string of the molecule is CNC1CCN(C(=O)C(NC(=O)c2ccc(OC)cc2)c2ccccc2)CC1. The van der Waals surface area contributed by atoms with Crippen LogP contribution >= 0.6 is 0 Å². The fraction of sp³-hybridized carbons (Fsp3) is 0.364. The van der Waals surface area contributed by atoms with Crippen molar-refractivity contribution in [3.8, 4) is 5.75 Å². The van der Waals surface area contributed by atoms with Crippen LogP contribution in [0, 0.1) is 0 Å². The fourth-order valence-corrected chi connectivity index (χ4v) is 3.46. The molecule has 0 spiro atoms. The largest absolute Gasteiger partial charge is 0.497 e. The van der Waals surface area contributed by atoms with Gasteiger partial charge in [-0.25, -0.2) is 0 Å². The summed E-state index contributed by atoms with van der Waals surface area (Å²) in [6, 6.07) is 16.0. The van der Waals surface area contributed by atoms with Gasteiger partial charge in [0.05, 0.1) is 7.11 Å². The number of benzene rings is 2. The highest BCUT2D eigenvalue weighted by Gasteiger charge is 2.30. The predicted octanol–water partition coefficient (Wildman–Crippen LogP) is 2.38. The van der Waals surface area contributed by atoms with E-state index in [-0.39, 0.29) is 11.8 Å². The Hall–Kier alpha value is -2.86. The molecule has 2 N–H and O–H groups in total. The third kappa shape index (κ3) is 4.70. The maximum absolute atomic E-state index is 13.2. The Balaban J connectivity index is 1.77. The van der Waals surface area contributed by atoms with Gasteiger partial charge < -0.3 is 20.3 Å². The molecule has 6 nitrogen and oxygen atoms in total. The van der Waals surface area contributed by atoms with E-state index in [1.807, 2.05) is 42.3 Å². The summed E-state index contributed by atoms with van der Waals surface area (Å²) in [5.41, 5.74) is 1.27. The van der Waals surface area contributed by atoms with Gasteiger partial charge in [-0.3, -0.25) is 9.59 Å². The number of nitrogens with one attached hydrogen (secondary N) is 2. The molecule has 1 atom stereocenters. The van der Waals surface area contributed by atoms with Crippen LogP contribution in [0.5, 0.6) is 5.75 Å². The highest BCUT2D eigenvalue weighted by molar-refractivity contribution is 5.98. The van der Waals surface area contributed by atoms with Crippen molar-refractivity contribution < 1.29 is 14.3 Å². The van der Waals surface area contributed by atoms with Crippen molar-refractivity contribution in [1.29, 1.82) is 0 Å². The van der Waals surface area contributed by atoms with Crippen molar-refractivity contribution in [3.05, 3.63) is 65.7 Å². The van der Waals surface area contributed by atoms with Crippen molar-refractivity contribution >= 4 is 11.8 Å². The van der Waals surface area contributed by atoms with Crippen LogP contribution in [0.15, 0.2) is 54.6 Å². The van der Waals surface area contributed by atoms with Gasteiger partial charge in [0.25, 0.3) is 5.91 Å². The van der Waals surface area contributed by atoms with Crippen molar-refractivity contribution in [1.82, 2.24) is 15.5 Å². The first-order valence-electron chi connectivity index (χ1n) is 9.58. The second kappa shape index (κ2) is 9.37. The first-order chi connectivity index (χ1) is 13.6. The molecule has 0 aromatic heterocycles. The summed E-state index contributed by atoms with van der Waals surface area (Å²) in [5.74, 6) is 0.331. The lowest BCUT2D eigenvalue weighted by Crippen LogP contribution is -2.48. The van der Waals surface area contributed by atoms with Gasteiger partial charge in [0.1, 0.15) is 11.8 Å². The monoisotopic (exact) mass is 381 g/mol. The molecular formula is C22H27N3O3. The first-order valence-corrected chi connectivity index (χ1v) is 9.58. The smallest absolute Gasteiger partial charge is 0.252 e. The summed E-state index contributed by atoms with van der Waals surface area (Å²) in [4.78, 5) is 27.9. The Kier molecular flexibility index (Phi) is 6.66. The zero-order chi connectivity index (χ0) is 19.9. The molecule has 1 heterocycles. The molecule has 0 radical (unpaired) electrons. The summed E-state index contributed by atoms with van der Waals surface area (Å²) >= 11 is 0. The van der Waals surface area contributed by atoms with Crippen LogP contribution in [0.2, 0.25) is 0 Å². The number of ether oxygens (including phenoxy) is 1. The van der Waals surface area contributed by atoms with Gasteiger partial charge >= 0.3 is 0 Å². The van der Waals surface area contributed by atoms with E-state index >= 15 is 0 Å². The number of carbonyl (C=O) groups excluding carboxylic acids is 2. The molecule has 2 aromatic carbocycles. The summed E-state index contributed by atoms with van der Waals surface area (Å²) in [5, 5.41) is 6.19. The number of hydrogen-bond donors (Lipinski definition) is 2. The topological polar surface area (TPSA) is 70.7 Å². The maximum Gasteiger partial charge on any atom is 0.252 e. The zero-order valence-corrected chi connectivity index (χ0v) is 16.4. The molecular weight excluding hydrogens is 354 g/mol. The highest BCUT2D eigenvalue weighted by Crippen LogP contribution is 2.20. The summed E-state index contributed by atoms with van der Waals surface area (Å²) in [6.07, 6.45) is 1.83. The molecule has 2 aromatic rings. The standard InChI is InChI=1S/C22H27N3O3/c1-23-18-12-14-25(15-13-18)22(27)20(16-6-4-3-5-7-16)24-21(26)17-8-10-19(28-2)11-9-17/h3-11,18,20,23H,12-15H2,1-2H3,(H,24,26). The molecule has 1 aliphatic rings. The second-order valence-corrected chi connectivity index (χ2v) is 6.93. The van der Waals surface area contributed by atoms with Crippen LogP contribution in [-0.2, 0) is 4.79 Å². The minimum atomic E-state index is -0.707. The molecule has 6 heteroatoms. The number of likely N-dealkylation sites (tertiary alicyclic amines) is 1. The number of methoxy groups -OCH3 is 1. The molecule has 1 unspecified atom stereocenters. The lowest BCUT2D eigenvalue weighted by Gasteiger charge is -2.34. The van der Waals surface area contributed by atoms with Crippen LogP contribution in [-0.4, -0.2) is 50.0 Å². The molecule has 2 amide bonds. The number of rotatable bonds is 6. The van der Waals surface area contributed by atoms with E-state index in [4.69, 9.17) is 4.74 Å². The molecule has 0 bridgehead atoms. The zero-order valence-electron chi connectivity index (χ0n) is 16.4. The third-order valence-electron chi connectivity index (χ3n) is 5.22. The Labute approximate surface area is 165 Å². The van der Waals surface area contributed by atoms with Crippen LogP contribution in [0.25, 0.3) is 0 Å². The Bertz CT molecular complexity index is 784. The Morgan fingerprint density at radius 3 is 2.25 bits per heavy atom. The van der Waals surface area contributed by atoms with Crippen molar-refractivity contribution in [2.24, 2.45) is 0 Å². The molecule has 3 rings (SSSR count). The molecule has 148 valence electrons. The van der Waals surface area contributed by atoms with E-state index in [2.05, 4.69) is 10.6 Å². The highest BCUT2D eigenvalue weighted by atomic mass is 16.5. The van der Waals surface area contributed by atoms with Crippen molar-refractivity contribution in [2.75, 3.05) is 27.2 Å². The van der Waals surface area contributed by atoms with Crippen LogP contribution < -0.4 is 15.4 Å². The lowest BCUT2D eigenvalue weighted by atomic mass is 10.0. The molecule has 1 saturated heterocycles. The van der Waals surface area contributed by atoms with Gasteiger partial charge in [-0.15, -0.1) is 0 Å². The molecule has 28 heavy (non-hydrogen) atoms. The average molecular weight is 381 g/mol. The van der Waals surface area contributed by atoms with E-state index in [1.54, 1.807) is 31.4 Å². The minimum Gasteiger partial charge on any atom is -0.497 e. The van der Waals surface area contributed by atoms with E-state index in [9.17, 15) is 9.59 Å². The fourth-order valence-electron chi connectivity index (χ4n) is 3.46. The first kappa shape index (κ1) is 19.9. The number of amides is 2. The van der Waals surface area contributed by atoms with E-state index < -0.39 is 6.04 Å². The van der Waals surface area contributed by atoms with Crippen molar-refractivity contribution in [3.63, 3.8) is 0 Å². The van der Waals surface area contributed by atoms with E-state index in [0.29, 0.717) is 30.4 Å². The Morgan fingerprint density at radius 2 is 1.68 bits per heavy atom. The van der Waals surface area contributed by atoms with Crippen LogP contribution in [0.3, 0.4) is 0 Å². The predicted molar refractivity (Wildman–Crippen MR) is 108 cm³/mol. The van der Waals surface area contributed by atoms with Gasteiger partial charge in [-0.1, -0.05) is 30.3 Å². The van der Waals surface area contributed by atoms with E-state index in [0.717, 1.165) is 18.4 Å². The van der Waals surface area contributed by atoms with Gasteiger partial charge in [0.2, 0.25) is 5.91 Å². The molecule has 0 aliphatic carbocycles. The summed E-state index contributed by atoms with van der Waals surface area (Å²) < 4.78 is 5.14. The lowest BCUT2D eigenvalue weighted by molar-refractivity contribution is -0.134. The quantitative estimate of drug-likeness (QED) is 0.806. The molecule has 1 aliphatic heterocycles. The minimum absolute atomic E-state index is 0.0670. The van der Waals surface area contributed by atoms with Crippen LogP contribution in [0.4, 0.5) is 0 Å². The summed E-state index contributed by atoms with van der Waals surface area (Å²) in [6.45, 7) is 1.37. The number of piperidine rings is 1. The van der Waals surface area contributed by atoms with E-state index in [1.165, 1.54) is 0 Å². The van der Waals surface area contributed by atoms with Crippen LogP contribution in [0.1, 0.15) is 34.8 Å². The Morgan fingerprint density at radius 1 is 1.04 bits per heavy atom. The van der Waals surface area contributed by atoms with Gasteiger partial charge in [-0.2, -0.15) is 0 Å². The van der Waals surface area contributed by atoms with Crippen molar-refractivity contribution in [2.45, 2.75) is 24.9 Å². The molecule has 1 fully saturated rings. The van der Waals surface area contributed by atoms with Gasteiger partial charge in [0.15, 0.2) is 0 Å². The van der Waals surface area contributed by atoms with Gasteiger partial charge in [0, 0.05) is 24.7 Å². The second-order valence-electron chi connectivity index (χ2n) is 6.93. The third-order valence-corrected chi connectivity index (χ3v) is 5.22. The molecule has 0 saturated carbocycles. The number of hydrogen-bond acceptors (Lipinski definition) is 4. The average Bonchev–Trinajstić information content (AvgIpc) is 2.77.